The zero-order valence-corrected chi connectivity index (χ0v) is 21.0. The van der Waals surface area contributed by atoms with Crippen LogP contribution in [0.5, 0.6) is 0 Å². The number of thioether (sulfide) groups is 1. The maximum absolute atomic E-state index is 12.9. The molecule has 5 nitrogen and oxygen atoms in total. The highest BCUT2D eigenvalue weighted by Gasteiger charge is 2.29. The fourth-order valence-corrected chi connectivity index (χ4v) is 5.45. The molecule has 0 unspecified atom stereocenters. The Labute approximate surface area is 209 Å². The van der Waals surface area contributed by atoms with Crippen molar-refractivity contribution in [2.45, 2.75) is 43.0 Å². The van der Waals surface area contributed by atoms with Gasteiger partial charge in [-0.05, 0) is 73.7 Å². The summed E-state index contributed by atoms with van der Waals surface area (Å²) in [6.45, 7) is 8.03. The summed E-state index contributed by atoms with van der Waals surface area (Å²) in [6.07, 6.45) is 5.26. The number of rotatable bonds is 7. The van der Waals surface area contributed by atoms with Crippen LogP contribution in [0.1, 0.15) is 30.5 Å². The minimum atomic E-state index is -4.27. The number of halogens is 3. The van der Waals surface area contributed by atoms with Crippen molar-refractivity contribution in [1.82, 2.24) is 14.8 Å². The Kier molecular flexibility index (Phi) is 8.59. The van der Waals surface area contributed by atoms with Gasteiger partial charge >= 0.3 is 5.51 Å². The number of hydrogen-bond donors (Lipinski definition) is 0. The Balaban J connectivity index is 1.19. The molecule has 1 amide bonds. The number of benzene rings is 1. The number of amides is 1. The fourth-order valence-electron chi connectivity index (χ4n) is 4.91. The molecule has 0 saturated carbocycles. The number of piperidine rings is 1. The lowest BCUT2D eigenvalue weighted by atomic mass is 9.91. The van der Waals surface area contributed by atoms with Crippen molar-refractivity contribution in [3.63, 3.8) is 0 Å². The summed E-state index contributed by atoms with van der Waals surface area (Å²) < 4.78 is 37.6. The molecule has 1 aromatic heterocycles. The fraction of sp³-hybridized carbons (Fsp3) is 0.538. The first kappa shape index (κ1) is 25.8. The van der Waals surface area contributed by atoms with Crippen LogP contribution in [0.4, 0.5) is 18.9 Å². The maximum atomic E-state index is 12.9. The SMILES string of the molecule is Cc1ccc(N2CCN(CCC(=O)N3CCC[C@H](Cc4ccc(SC(F)(F)F)cc4)C3)CC2)cn1. The molecule has 1 aromatic carbocycles. The van der Waals surface area contributed by atoms with E-state index in [1.54, 1.807) is 12.1 Å². The number of pyridine rings is 1. The van der Waals surface area contributed by atoms with Crippen LogP contribution in [-0.4, -0.2) is 72.0 Å². The Morgan fingerprint density at radius 1 is 1.06 bits per heavy atom. The third kappa shape index (κ3) is 7.87. The molecular formula is C26H33F3N4OS. The summed E-state index contributed by atoms with van der Waals surface area (Å²) in [5.74, 6) is 0.553. The minimum Gasteiger partial charge on any atom is -0.368 e. The highest BCUT2D eigenvalue weighted by molar-refractivity contribution is 8.00. The highest BCUT2D eigenvalue weighted by atomic mass is 32.2. The Bertz CT molecular complexity index is 960. The van der Waals surface area contributed by atoms with E-state index in [0.29, 0.717) is 12.3 Å². The van der Waals surface area contributed by atoms with Gasteiger partial charge in [-0.15, -0.1) is 0 Å². The Morgan fingerprint density at radius 3 is 2.46 bits per heavy atom. The zero-order chi connectivity index (χ0) is 24.8. The molecule has 9 heteroatoms. The highest BCUT2D eigenvalue weighted by Crippen LogP contribution is 2.37. The summed E-state index contributed by atoms with van der Waals surface area (Å²) in [6, 6.07) is 10.8. The van der Waals surface area contributed by atoms with Gasteiger partial charge in [-0.3, -0.25) is 14.7 Å². The van der Waals surface area contributed by atoms with Crippen molar-refractivity contribution < 1.29 is 18.0 Å². The van der Waals surface area contributed by atoms with E-state index in [1.165, 1.54) is 12.1 Å². The Morgan fingerprint density at radius 2 is 1.80 bits per heavy atom. The molecule has 0 bridgehead atoms. The van der Waals surface area contributed by atoms with Crippen molar-refractivity contribution in [3.8, 4) is 0 Å². The number of alkyl halides is 3. The monoisotopic (exact) mass is 506 g/mol. The summed E-state index contributed by atoms with van der Waals surface area (Å²) >= 11 is -0.0860. The van der Waals surface area contributed by atoms with Crippen molar-refractivity contribution in [2.24, 2.45) is 5.92 Å². The smallest absolute Gasteiger partial charge is 0.368 e. The number of aryl methyl sites for hydroxylation is 1. The van der Waals surface area contributed by atoms with Crippen LogP contribution in [0, 0.1) is 12.8 Å². The second-order valence-corrected chi connectivity index (χ2v) is 10.6. The third-order valence-electron chi connectivity index (χ3n) is 6.83. The van der Waals surface area contributed by atoms with Crippen LogP contribution in [-0.2, 0) is 11.2 Å². The summed E-state index contributed by atoms with van der Waals surface area (Å²) in [7, 11) is 0. The average Bonchev–Trinajstić information content (AvgIpc) is 2.84. The van der Waals surface area contributed by atoms with E-state index in [9.17, 15) is 18.0 Å². The number of likely N-dealkylation sites (tertiary alicyclic amines) is 1. The topological polar surface area (TPSA) is 39.7 Å². The minimum absolute atomic E-state index is 0.0860. The lowest BCUT2D eigenvalue weighted by molar-refractivity contribution is -0.133. The lowest BCUT2D eigenvalue weighted by Gasteiger charge is -2.37. The van der Waals surface area contributed by atoms with E-state index in [-0.39, 0.29) is 22.6 Å². The van der Waals surface area contributed by atoms with Gasteiger partial charge in [-0.25, -0.2) is 0 Å². The second kappa shape index (κ2) is 11.6. The van der Waals surface area contributed by atoms with E-state index in [2.05, 4.69) is 20.9 Å². The first-order valence-corrected chi connectivity index (χ1v) is 13.1. The predicted octanol–water partition coefficient (Wildman–Crippen LogP) is 5.00. The zero-order valence-electron chi connectivity index (χ0n) is 20.1. The van der Waals surface area contributed by atoms with Crippen LogP contribution in [0.25, 0.3) is 0 Å². The van der Waals surface area contributed by atoms with Gasteiger partial charge in [0.1, 0.15) is 0 Å². The summed E-state index contributed by atoms with van der Waals surface area (Å²) in [4.78, 5) is 24.2. The standard InChI is InChI=1S/C26H33F3N4OS/c1-20-4-7-23(18-30-20)32-15-13-31(14-16-32)12-10-25(34)33-11-2-3-22(19-33)17-21-5-8-24(9-6-21)35-26(27,28)29/h4-9,18,22H,2-3,10-17,19H2,1H3/t22-/m1/s1. The molecule has 2 aliphatic rings. The molecular weight excluding hydrogens is 473 g/mol. The molecule has 1 atom stereocenters. The van der Waals surface area contributed by atoms with E-state index in [0.717, 1.165) is 82.0 Å². The van der Waals surface area contributed by atoms with E-state index in [4.69, 9.17) is 0 Å². The van der Waals surface area contributed by atoms with Gasteiger partial charge < -0.3 is 9.80 Å². The quantitative estimate of drug-likeness (QED) is 0.495. The van der Waals surface area contributed by atoms with E-state index >= 15 is 0 Å². The molecule has 2 aromatic rings. The third-order valence-corrected chi connectivity index (χ3v) is 7.57. The molecule has 3 heterocycles. The molecule has 2 aliphatic heterocycles. The average molecular weight is 507 g/mol. The van der Waals surface area contributed by atoms with Crippen molar-refractivity contribution >= 4 is 23.4 Å². The number of carbonyl (C=O) groups excluding carboxylic acids is 1. The molecule has 0 radical (unpaired) electrons. The van der Waals surface area contributed by atoms with Crippen molar-refractivity contribution in [1.29, 1.82) is 0 Å². The van der Waals surface area contributed by atoms with Gasteiger partial charge in [-0.2, -0.15) is 13.2 Å². The van der Waals surface area contributed by atoms with Crippen LogP contribution in [0.3, 0.4) is 0 Å². The van der Waals surface area contributed by atoms with Gasteiger partial charge in [0.05, 0.1) is 11.9 Å². The molecule has 0 aliphatic carbocycles. The number of hydrogen-bond acceptors (Lipinski definition) is 5. The van der Waals surface area contributed by atoms with Gasteiger partial charge in [0.15, 0.2) is 0 Å². The van der Waals surface area contributed by atoms with Crippen LogP contribution in [0.2, 0.25) is 0 Å². The summed E-state index contributed by atoms with van der Waals surface area (Å²) in [5.41, 5.74) is -1.07. The number of aromatic nitrogens is 1. The number of carbonyl (C=O) groups is 1. The van der Waals surface area contributed by atoms with E-state index < -0.39 is 5.51 Å². The molecule has 190 valence electrons. The number of piperazine rings is 1. The van der Waals surface area contributed by atoms with Crippen LogP contribution >= 0.6 is 11.8 Å². The van der Waals surface area contributed by atoms with Gasteiger partial charge in [0, 0.05) is 62.8 Å². The molecule has 4 rings (SSSR count). The molecule has 2 saturated heterocycles. The van der Waals surface area contributed by atoms with Crippen LogP contribution < -0.4 is 4.90 Å². The van der Waals surface area contributed by atoms with E-state index in [1.807, 2.05) is 24.1 Å². The lowest BCUT2D eigenvalue weighted by Crippen LogP contribution is -2.48. The first-order valence-electron chi connectivity index (χ1n) is 12.3. The summed E-state index contributed by atoms with van der Waals surface area (Å²) in [5, 5.41) is 0. The predicted molar refractivity (Wildman–Crippen MR) is 134 cm³/mol. The number of anilines is 1. The first-order chi connectivity index (χ1) is 16.7. The van der Waals surface area contributed by atoms with Gasteiger partial charge in [0.25, 0.3) is 0 Å². The molecule has 35 heavy (non-hydrogen) atoms. The molecule has 0 spiro atoms. The largest absolute Gasteiger partial charge is 0.446 e. The normalized spacial score (nSPS) is 19.7. The van der Waals surface area contributed by atoms with Gasteiger partial charge in [-0.1, -0.05) is 12.1 Å². The molecule has 2 fully saturated rings. The van der Waals surface area contributed by atoms with Crippen molar-refractivity contribution in [3.05, 3.63) is 53.9 Å². The molecule has 0 N–H and O–H groups in total. The maximum Gasteiger partial charge on any atom is 0.446 e. The second-order valence-electron chi connectivity index (χ2n) is 9.48. The van der Waals surface area contributed by atoms with Crippen LogP contribution in [0.15, 0.2) is 47.5 Å². The number of nitrogens with zero attached hydrogens (tertiary/aromatic N) is 4. The van der Waals surface area contributed by atoms with Crippen molar-refractivity contribution in [2.75, 3.05) is 50.7 Å². The Hall–Kier alpha value is -2.26. The van der Waals surface area contributed by atoms with Gasteiger partial charge in [0.2, 0.25) is 5.91 Å².